The van der Waals surface area contributed by atoms with Crippen LogP contribution in [0.25, 0.3) is 0 Å². The van der Waals surface area contributed by atoms with Crippen LogP contribution in [-0.4, -0.2) is 22.8 Å². The summed E-state index contributed by atoms with van der Waals surface area (Å²) in [6.07, 6.45) is 0.871. The predicted molar refractivity (Wildman–Crippen MR) is 85.7 cm³/mol. The van der Waals surface area contributed by atoms with Gasteiger partial charge in [-0.1, -0.05) is 22.0 Å². The van der Waals surface area contributed by atoms with Crippen molar-refractivity contribution in [3.05, 3.63) is 29.3 Å². The zero-order valence-corrected chi connectivity index (χ0v) is 14.1. The van der Waals surface area contributed by atoms with Crippen molar-refractivity contribution in [3.63, 3.8) is 0 Å². The Hall–Kier alpha value is -1.36. The van der Waals surface area contributed by atoms with Gasteiger partial charge in [-0.15, -0.1) is 0 Å². The minimum atomic E-state index is -0.276. The van der Waals surface area contributed by atoms with Crippen molar-refractivity contribution in [2.75, 3.05) is 5.32 Å². The summed E-state index contributed by atoms with van der Waals surface area (Å²) in [4.78, 5) is 24.9. The number of alkyl halides is 1. The van der Waals surface area contributed by atoms with E-state index in [4.69, 9.17) is 4.74 Å². The van der Waals surface area contributed by atoms with Crippen LogP contribution in [0.3, 0.4) is 0 Å². The van der Waals surface area contributed by atoms with Crippen LogP contribution in [0.1, 0.15) is 17.5 Å². The molecule has 116 valence electrons. The largest absolute Gasteiger partial charge is 0.461 e. The molecule has 4 nitrogen and oxygen atoms in total. The van der Waals surface area contributed by atoms with Gasteiger partial charge in [0.25, 0.3) is 0 Å². The van der Waals surface area contributed by atoms with Crippen LogP contribution in [-0.2, 0) is 14.3 Å². The van der Waals surface area contributed by atoms with E-state index in [1.807, 2.05) is 32.0 Å². The number of halogens is 1. The van der Waals surface area contributed by atoms with E-state index in [0.29, 0.717) is 0 Å². The zero-order valence-electron chi connectivity index (χ0n) is 12.5. The smallest absolute Gasteiger partial charge is 0.310 e. The molecule has 1 aromatic carbocycles. The fourth-order valence-electron chi connectivity index (χ4n) is 4.38. The maximum Gasteiger partial charge on any atom is 0.310 e. The molecule has 2 bridgehead atoms. The monoisotopic (exact) mass is 363 g/mol. The number of benzene rings is 1. The summed E-state index contributed by atoms with van der Waals surface area (Å²) < 4.78 is 5.45. The number of hydrogen-bond donors (Lipinski definition) is 1. The van der Waals surface area contributed by atoms with Crippen molar-refractivity contribution in [1.82, 2.24) is 0 Å². The number of anilines is 1. The van der Waals surface area contributed by atoms with Crippen molar-refractivity contribution in [1.29, 1.82) is 0 Å². The highest BCUT2D eigenvalue weighted by molar-refractivity contribution is 9.09. The van der Waals surface area contributed by atoms with Crippen LogP contribution in [0.15, 0.2) is 18.2 Å². The van der Waals surface area contributed by atoms with Crippen LogP contribution in [0.2, 0.25) is 0 Å². The number of ether oxygens (including phenoxy) is 1. The van der Waals surface area contributed by atoms with Gasteiger partial charge in [-0.25, -0.2) is 0 Å². The number of carbonyl (C=O) groups excluding carboxylic acids is 2. The number of esters is 1. The minimum absolute atomic E-state index is 0.0341. The topological polar surface area (TPSA) is 55.4 Å². The van der Waals surface area contributed by atoms with Crippen LogP contribution in [0.4, 0.5) is 5.69 Å². The maximum atomic E-state index is 12.7. The fraction of sp³-hybridized carbons (Fsp3) is 0.529. The second-order valence-corrected chi connectivity index (χ2v) is 7.81. The Balaban J connectivity index is 1.58. The van der Waals surface area contributed by atoms with E-state index in [1.165, 1.54) is 5.56 Å². The third-order valence-electron chi connectivity index (χ3n) is 5.60. The summed E-state index contributed by atoms with van der Waals surface area (Å²) in [6, 6.07) is 5.88. The molecule has 5 heteroatoms. The summed E-state index contributed by atoms with van der Waals surface area (Å²) in [6.45, 7) is 4.07. The van der Waals surface area contributed by atoms with Crippen molar-refractivity contribution in [3.8, 4) is 0 Å². The molecule has 1 aliphatic heterocycles. The SMILES string of the molecule is Cc1ccc(NC(=O)[C@@H]2[C@@H]3C[C@H]4[C@H](OC(=O)[C@@H]42)[C@@H]3Br)cc1C. The second kappa shape index (κ2) is 4.82. The number of amides is 1. The lowest BCUT2D eigenvalue weighted by atomic mass is 9.79. The molecule has 0 unspecified atom stereocenters. The lowest BCUT2D eigenvalue weighted by Gasteiger charge is -2.27. The van der Waals surface area contributed by atoms with E-state index in [-0.39, 0.29) is 46.5 Å². The predicted octanol–water partition coefficient (Wildman–Crippen LogP) is 2.81. The average molecular weight is 364 g/mol. The van der Waals surface area contributed by atoms with Crippen molar-refractivity contribution in [2.45, 2.75) is 31.2 Å². The molecule has 4 rings (SSSR count). The van der Waals surface area contributed by atoms with Gasteiger partial charge in [-0.2, -0.15) is 0 Å². The first-order chi connectivity index (χ1) is 10.5. The molecule has 2 saturated carbocycles. The Labute approximate surface area is 137 Å². The lowest BCUT2D eigenvalue weighted by Crippen LogP contribution is -2.40. The summed E-state index contributed by atoms with van der Waals surface area (Å²) in [5.74, 6) is -0.379. The zero-order chi connectivity index (χ0) is 15.6. The molecule has 3 fully saturated rings. The Morgan fingerprint density at radius 3 is 2.77 bits per heavy atom. The normalized spacial score (nSPS) is 38.2. The summed E-state index contributed by atoms with van der Waals surface area (Å²) in [5, 5.41) is 2.99. The lowest BCUT2D eigenvalue weighted by molar-refractivity contribution is -0.145. The molecular weight excluding hydrogens is 346 g/mol. The Bertz CT molecular complexity index is 674. The van der Waals surface area contributed by atoms with Gasteiger partial charge in [0.2, 0.25) is 5.91 Å². The van der Waals surface area contributed by atoms with Crippen molar-refractivity contribution < 1.29 is 14.3 Å². The summed E-state index contributed by atoms with van der Waals surface area (Å²) >= 11 is 3.63. The van der Waals surface area contributed by atoms with Crippen molar-refractivity contribution in [2.24, 2.45) is 23.7 Å². The fourth-order valence-corrected chi connectivity index (χ4v) is 5.42. The quantitative estimate of drug-likeness (QED) is 0.649. The second-order valence-electron chi connectivity index (χ2n) is 6.75. The highest BCUT2D eigenvalue weighted by atomic mass is 79.9. The maximum absolute atomic E-state index is 12.7. The first-order valence-corrected chi connectivity index (χ1v) is 8.61. The van der Waals surface area contributed by atoms with Crippen LogP contribution < -0.4 is 5.32 Å². The molecule has 1 saturated heterocycles. The van der Waals surface area contributed by atoms with Gasteiger partial charge in [0.1, 0.15) is 6.10 Å². The van der Waals surface area contributed by atoms with E-state index >= 15 is 0 Å². The Morgan fingerprint density at radius 2 is 2.05 bits per heavy atom. The highest BCUT2D eigenvalue weighted by Gasteiger charge is 2.67. The Kier molecular flexibility index (Phi) is 3.12. The molecule has 0 aromatic heterocycles. The number of aryl methyl sites for hydroxylation is 2. The van der Waals surface area contributed by atoms with Crippen molar-refractivity contribution >= 4 is 33.5 Å². The first-order valence-electron chi connectivity index (χ1n) is 7.70. The molecule has 3 aliphatic rings. The average Bonchev–Trinajstić information content (AvgIpc) is 3.07. The molecule has 0 spiro atoms. The number of carbonyl (C=O) groups is 2. The van der Waals surface area contributed by atoms with Crippen LogP contribution in [0, 0.1) is 37.5 Å². The number of nitrogens with one attached hydrogen (secondary N) is 1. The molecule has 1 amide bonds. The van der Waals surface area contributed by atoms with Gasteiger partial charge in [-0.05, 0) is 49.4 Å². The van der Waals surface area contributed by atoms with E-state index in [0.717, 1.165) is 17.7 Å². The number of hydrogen-bond acceptors (Lipinski definition) is 3. The van der Waals surface area contributed by atoms with Gasteiger partial charge in [0, 0.05) is 11.6 Å². The molecule has 1 N–H and O–H groups in total. The van der Waals surface area contributed by atoms with Gasteiger partial charge < -0.3 is 10.1 Å². The summed E-state index contributed by atoms with van der Waals surface area (Å²) in [5.41, 5.74) is 3.13. The molecule has 1 heterocycles. The van der Waals surface area contributed by atoms with Gasteiger partial charge in [-0.3, -0.25) is 9.59 Å². The molecular formula is C17H18BrNO3. The summed E-state index contributed by atoms with van der Waals surface area (Å²) in [7, 11) is 0. The van der Waals surface area contributed by atoms with E-state index in [1.54, 1.807) is 0 Å². The van der Waals surface area contributed by atoms with E-state index in [2.05, 4.69) is 21.2 Å². The standard InChI is InChI=1S/C17H18BrNO3/c1-7-3-4-9(5-8(7)2)19-16(20)12-10-6-11-13(12)17(21)22-15(11)14(10)18/h3-5,10-15H,6H2,1-2H3,(H,19,20)/t10-,11+,12+,13-,14+,15-/m0/s1. The third-order valence-corrected chi connectivity index (χ3v) is 6.80. The molecule has 22 heavy (non-hydrogen) atoms. The third kappa shape index (κ3) is 1.87. The number of fused-ring (bicyclic) bond motifs is 1. The van der Waals surface area contributed by atoms with Crippen LogP contribution in [0.5, 0.6) is 0 Å². The van der Waals surface area contributed by atoms with Crippen LogP contribution >= 0.6 is 15.9 Å². The first kappa shape index (κ1) is 14.2. The molecule has 0 radical (unpaired) electrons. The van der Waals surface area contributed by atoms with Gasteiger partial charge in [0.05, 0.1) is 16.7 Å². The number of rotatable bonds is 2. The Morgan fingerprint density at radius 1 is 1.27 bits per heavy atom. The molecule has 6 atom stereocenters. The van der Waals surface area contributed by atoms with Gasteiger partial charge >= 0.3 is 5.97 Å². The van der Waals surface area contributed by atoms with Gasteiger partial charge in [0.15, 0.2) is 0 Å². The molecule has 1 aromatic rings. The van der Waals surface area contributed by atoms with E-state index < -0.39 is 0 Å². The minimum Gasteiger partial charge on any atom is -0.461 e. The van der Waals surface area contributed by atoms with E-state index in [9.17, 15) is 9.59 Å². The molecule has 2 aliphatic carbocycles. The highest BCUT2D eigenvalue weighted by Crippen LogP contribution is 2.60.